The van der Waals surface area contributed by atoms with Gasteiger partial charge in [0, 0.05) is 11.8 Å². The van der Waals surface area contributed by atoms with Crippen LogP contribution in [-0.4, -0.2) is 9.55 Å². The Hall–Kier alpha value is -2.37. The standard InChI is InChI=1S/C11H10FN3O2/c12-8-4-2-1-3-7(8)5-15-6-9(13)10(16)14-11(15)17/h1-4,6H,5,13H2,(H,14,16,17). The van der Waals surface area contributed by atoms with Crippen LogP contribution in [0, 0.1) is 5.82 Å². The normalized spacial score (nSPS) is 10.4. The summed E-state index contributed by atoms with van der Waals surface area (Å²) in [6.07, 6.45) is 1.20. The fourth-order valence-corrected chi connectivity index (χ4v) is 1.45. The molecule has 0 unspecified atom stereocenters. The average molecular weight is 235 g/mol. The van der Waals surface area contributed by atoms with Crippen LogP contribution in [-0.2, 0) is 6.54 Å². The fraction of sp³-hybridized carbons (Fsp3) is 0.0909. The summed E-state index contributed by atoms with van der Waals surface area (Å²) in [4.78, 5) is 24.5. The Balaban J connectivity index is 2.44. The molecule has 88 valence electrons. The van der Waals surface area contributed by atoms with Crippen LogP contribution < -0.4 is 17.0 Å². The number of hydrogen-bond donors (Lipinski definition) is 2. The molecule has 2 aromatic rings. The van der Waals surface area contributed by atoms with Gasteiger partial charge in [0.1, 0.15) is 11.5 Å². The molecule has 0 radical (unpaired) electrons. The van der Waals surface area contributed by atoms with E-state index in [0.29, 0.717) is 5.56 Å². The molecule has 0 aliphatic carbocycles. The Morgan fingerprint density at radius 1 is 1.29 bits per heavy atom. The summed E-state index contributed by atoms with van der Waals surface area (Å²) in [7, 11) is 0. The predicted molar refractivity (Wildman–Crippen MR) is 61.2 cm³/mol. The van der Waals surface area contributed by atoms with Crippen molar-refractivity contribution in [3.8, 4) is 0 Å². The number of H-pyrrole nitrogens is 1. The maximum atomic E-state index is 13.4. The predicted octanol–water partition coefficient (Wildman–Crippen LogP) is 0.306. The van der Waals surface area contributed by atoms with Gasteiger partial charge in [-0.15, -0.1) is 0 Å². The minimum atomic E-state index is -0.639. The zero-order chi connectivity index (χ0) is 12.4. The molecule has 0 spiro atoms. The van der Waals surface area contributed by atoms with Crippen molar-refractivity contribution in [1.82, 2.24) is 9.55 Å². The number of anilines is 1. The zero-order valence-electron chi connectivity index (χ0n) is 8.81. The average Bonchev–Trinajstić information content (AvgIpc) is 2.29. The van der Waals surface area contributed by atoms with E-state index >= 15 is 0 Å². The number of nitrogens with zero attached hydrogens (tertiary/aromatic N) is 1. The Labute approximate surface area is 95.3 Å². The molecule has 0 saturated carbocycles. The lowest BCUT2D eigenvalue weighted by Gasteiger charge is -2.06. The van der Waals surface area contributed by atoms with Gasteiger partial charge in [-0.05, 0) is 6.07 Å². The highest BCUT2D eigenvalue weighted by molar-refractivity contribution is 5.30. The molecule has 3 N–H and O–H groups in total. The van der Waals surface area contributed by atoms with Gasteiger partial charge < -0.3 is 5.73 Å². The highest BCUT2D eigenvalue weighted by Gasteiger charge is 2.05. The van der Waals surface area contributed by atoms with Crippen LogP contribution in [0.1, 0.15) is 5.56 Å². The van der Waals surface area contributed by atoms with Gasteiger partial charge in [-0.1, -0.05) is 18.2 Å². The molecular formula is C11H10FN3O2. The first kappa shape index (κ1) is 11.1. The van der Waals surface area contributed by atoms with Crippen LogP contribution in [0.5, 0.6) is 0 Å². The number of benzene rings is 1. The Bertz CT molecular complexity index is 660. The van der Waals surface area contributed by atoms with E-state index in [2.05, 4.69) is 4.98 Å². The zero-order valence-corrected chi connectivity index (χ0v) is 8.81. The largest absolute Gasteiger partial charge is 0.393 e. The summed E-state index contributed by atoms with van der Waals surface area (Å²) in [6, 6.07) is 6.08. The van der Waals surface area contributed by atoms with Crippen molar-refractivity contribution >= 4 is 5.69 Å². The van der Waals surface area contributed by atoms with Crippen molar-refractivity contribution in [3.05, 3.63) is 62.7 Å². The van der Waals surface area contributed by atoms with E-state index in [4.69, 9.17) is 5.73 Å². The third kappa shape index (κ3) is 2.25. The summed E-state index contributed by atoms with van der Waals surface area (Å²) in [6.45, 7) is 0.0203. The SMILES string of the molecule is Nc1cn(Cc2ccccc2F)c(=O)[nH]c1=O. The number of aromatic nitrogens is 2. The molecular weight excluding hydrogens is 225 g/mol. The van der Waals surface area contributed by atoms with Crippen molar-refractivity contribution in [2.24, 2.45) is 0 Å². The number of nitrogens with two attached hydrogens (primary N) is 1. The fourth-order valence-electron chi connectivity index (χ4n) is 1.45. The van der Waals surface area contributed by atoms with Crippen LogP contribution in [0.4, 0.5) is 10.1 Å². The minimum Gasteiger partial charge on any atom is -0.393 e. The van der Waals surface area contributed by atoms with Gasteiger partial charge in [0.2, 0.25) is 0 Å². The van der Waals surface area contributed by atoms with Crippen molar-refractivity contribution < 1.29 is 4.39 Å². The Morgan fingerprint density at radius 2 is 2.00 bits per heavy atom. The molecule has 0 aliphatic rings. The van der Waals surface area contributed by atoms with Gasteiger partial charge in [0.15, 0.2) is 0 Å². The minimum absolute atomic E-state index is 0.0203. The van der Waals surface area contributed by atoms with Gasteiger partial charge in [-0.2, -0.15) is 0 Å². The highest BCUT2D eigenvalue weighted by atomic mass is 19.1. The highest BCUT2D eigenvalue weighted by Crippen LogP contribution is 2.07. The summed E-state index contributed by atoms with van der Waals surface area (Å²) in [5.74, 6) is -0.413. The number of aromatic amines is 1. The van der Waals surface area contributed by atoms with Gasteiger partial charge >= 0.3 is 5.69 Å². The van der Waals surface area contributed by atoms with E-state index in [0.717, 1.165) is 4.57 Å². The van der Waals surface area contributed by atoms with Crippen molar-refractivity contribution in [1.29, 1.82) is 0 Å². The van der Waals surface area contributed by atoms with Crippen molar-refractivity contribution in [3.63, 3.8) is 0 Å². The molecule has 1 heterocycles. The molecule has 0 fully saturated rings. The number of rotatable bonds is 2. The molecule has 6 heteroatoms. The summed E-state index contributed by atoms with van der Waals surface area (Å²) < 4.78 is 14.5. The molecule has 5 nitrogen and oxygen atoms in total. The smallest absolute Gasteiger partial charge is 0.328 e. The van der Waals surface area contributed by atoms with Gasteiger partial charge in [-0.3, -0.25) is 14.3 Å². The number of nitrogens with one attached hydrogen (secondary N) is 1. The maximum Gasteiger partial charge on any atom is 0.328 e. The lowest BCUT2D eigenvalue weighted by Crippen LogP contribution is -2.31. The molecule has 0 saturated heterocycles. The van der Waals surface area contributed by atoms with Crippen molar-refractivity contribution in [2.75, 3.05) is 5.73 Å². The van der Waals surface area contributed by atoms with Crippen LogP contribution in [0.15, 0.2) is 40.1 Å². The van der Waals surface area contributed by atoms with Gasteiger partial charge in [0.05, 0.1) is 6.54 Å². The molecule has 0 amide bonds. The Morgan fingerprint density at radius 3 is 2.71 bits per heavy atom. The molecule has 0 atom stereocenters. The second-order valence-electron chi connectivity index (χ2n) is 3.56. The lowest BCUT2D eigenvalue weighted by atomic mass is 10.2. The van der Waals surface area contributed by atoms with Crippen LogP contribution in [0.3, 0.4) is 0 Å². The van der Waals surface area contributed by atoms with Crippen LogP contribution in [0.25, 0.3) is 0 Å². The van der Waals surface area contributed by atoms with Gasteiger partial charge in [-0.25, -0.2) is 9.18 Å². The van der Waals surface area contributed by atoms with E-state index in [-0.39, 0.29) is 12.2 Å². The summed E-state index contributed by atoms with van der Waals surface area (Å²) in [5, 5.41) is 0. The molecule has 1 aromatic heterocycles. The summed E-state index contributed by atoms with van der Waals surface area (Å²) >= 11 is 0. The third-order valence-electron chi connectivity index (χ3n) is 2.34. The first-order valence-electron chi connectivity index (χ1n) is 4.90. The quantitative estimate of drug-likeness (QED) is 0.785. The number of nitrogen functional groups attached to an aromatic ring is 1. The number of hydrogen-bond acceptors (Lipinski definition) is 3. The second kappa shape index (κ2) is 4.25. The monoisotopic (exact) mass is 235 g/mol. The Kier molecular flexibility index (Phi) is 2.78. The van der Waals surface area contributed by atoms with E-state index in [9.17, 15) is 14.0 Å². The molecule has 17 heavy (non-hydrogen) atoms. The molecule has 2 rings (SSSR count). The van der Waals surface area contributed by atoms with Crippen LogP contribution >= 0.6 is 0 Å². The summed E-state index contributed by atoms with van der Waals surface area (Å²) in [5.41, 5.74) is 4.39. The van der Waals surface area contributed by atoms with Crippen LogP contribution in [0.2, 0.25) is 0 Å². The van der Waals surface area contributed by atoms with E-state index in [1.807, 2.05) is 0 Å². The van der Waals surface area contributed by atoms with E-state index in [1.165, 1.54) is 12.3 Å². The first-order chi connectivity index (χ1) is 8.08. The van der Waals surface area contributed by atoms with Crippen molar-refractivity contribution in [2.45, 2.75) is 6.54 Å². The molecule has 0 bridgehead atoms. The lowest BCUT2D eigenvalue weighted by molar-refractivity contribution is 0.593. The third-order valence-corrected chi connectivity index (χ3v) is 2.34. The van der Waals surface area contributed by atoms with E-state index < -0.39 is 17.1 Å². The molecule has 1 aromatic carbocycles. The molecule has 0 aliphatic heterocycles. The first-order valence-corrected chi connectivity index (χ1v) is 4.90. The maximum absolute atomic E-state index is 13.4. The van der Waals surface area contributed by atoms with E-state index in [1.54, 1.807) is 18.2 Å². The second-order valence-corrected chi connectivity index (χ2v) is 3.56. The van der Waals surface area contributed by atoms with Gasteiger partial charge in [0.25, 0.3) is 5.56 Å². The topological polar surface area (TPSA) is 80.9 Å². The number of halogens is 1.